The van der Waals surface area contributed by atoms with Gasteiger partial charge in [0.15, 0.2) is 5.65 Å². The normalized spacial score (nSPS) is 17.3. The molecule has 3 heterocycles. The minimum atomic E-state index is -3.11. The Hall–Kier alpha value is -1.74. The van der Waals surface area contributed by atoms with Gasteiger partial charge >= 0.3 is 0 Å². The number of sulfonamides is 1. The highest BCUT2D eigenvalue weighted by molar-refractivity contribution is 7.88. The van der Waals surface area contributed by atoms with Crippen molar-refractivity contribution in [3.63, 3.8) is 0 Å². The number of anilines is 1. The van der Waals surface area contributed by atoms with Gasteiger partial charge in [-0.2, -0.15) is 5.10 Å². The molecule has 0 aliphatic carbocycles. The second-order valence-electron chi connectivity index (χ2n) is 6.18. The zero-order chi connectivity index (χ0) is 16.6. The molecule has 8 nitrogen and oxygen atoms in total. The highest BCUT2D eigenvalue weighted by Gasteiger charge is 2.25. The minimum Gasteiger partial charge on any atom is -0.356 e. The van der Waals surface area contributed by atoms with Crippen molar-refractivity contribution in [3.8, 4) is 0 Å². The van der Waals surface area contributed by atoms with E-state index >= 15 is 0 Å². The zero-order valence-electron chi connectivity index (χ0n) is 13.7. The molecule has 1 fully saturated rings. The van der Waals surface area contributed by atoms with Crippen LogP contribution in [0.25, 0.3) is 11.0 Å². The third kappa shape index (κ3) is 3.30. The van der Waals surface area contributed by atoms with Crippen molar-refractivity contribution in [3.05, 3.63) is 12.5 Å². The van der Waals surface area contributed by atoms with E-state index < -0.39 is 10.0 Å². The molecule has 2 aromatic rings. The summed E-state index contributed by atoms with van der Waals surface area (Å²) in [7, 11) is 0.406. The summed E-state index contributed by atoms with van der Waals surface area (Å²) in [5.74, 6) is 1.30. The lowest BCUT2D eigenvalue weighted by molar-refractivity contribution is 0.329. The molecule has 9 heteroatoms. The lowest BCUT2D eigenvalue weighted by Crippen LogP contribution is -2.39. The molecular formula is C14H22N6O2S. The van der Waals surface area contributed by atoms with Crippen molar-refractivity contribution in [1.82, 2.24) is 24.1 Å². The maximum Gasteiger partial charge on any atom is 0.210 e. The van der Waals surface area contributed by atoms with E-state index in [0.717, 1.165) is 42.8 Å². The predicted molar refractivity (Wildman–Crippen MR) is 88.7 cm³/mol. The van der Waals surface area contributed by atoms with Gasteiger partial charge < -0.3 is 4.90 Å². The number of hydrogen-bond donors (Lipinski definition) is 0. The lowest BCUT2D eigenvalue weighted by Gasteiger charge is -2.34. The Bertz CT molecular complexity index is 795. The molecule has 0 unspecified atom stereocenters. The van der Waals surface area contributed by atoms with Gasteiger partial charge in [-0.15, -0.1) is 0 Å². The topological polar surface area (TPSA) is 84.2 Å². The van der Waals surface area contributed by atoms with Crippen molar-refractivity contribution in [2.45, 2.75) is 12.8 Å². The number of rotatable bonds is 4. The van der Waals surface area contributed by atoms with Crippen LogP contribution in [0.4, 0.5) is 5.82 Å². The van der Waals surface area contributed by atoms with E-state index in [1.54, 1.807) is 24.3 Å². The molecule has 2 aromatic heterocycles. The first kappa shape index (κ1) is 16.1. The largest absolute Gasteiger partial charge is 0.356 e. The van der Waals surface area contributed by atoms with E-state index in [2.05, 4.69) is 20.0 Å². The summed E-state index contributed by atoms with van der Waals surface area (Å²) < 4.78 is 26.2. The second kappa shape index (κ2) is 6.04. The molecule has 126 valence electrons. The molecule has 0 spiro atoms. The zero-order valence-corrected chi connectivity index (χ0v) is 14.5. The minimum absolute atomic E-state index is 0.386. The van der Waals surface area contributed by atoms with Crippen molar-refractivity contribution >= 4 is 26.9 Å². The molecule has 0 bridgehead atoms. The predicted octanol–water partition coefficient (Wildman–Crippen LogP) is 0.471. The molecule has 0 saturated carbocycles. The van der Waals surface area contributed by atoms with Crippen LogP contribution in [0.1, 0.15) is 12.8 Å². The van der Waals surface area contributed by atoms with Crippen LogP contribution < -0.4 is 4.90 Å². The summed E-state index contributed by atoms with van der Waals surface area (Å²) in [5, 5.41) is 5.21. The Kier molecular flexibility index (Phi) is 4.24. The number of piperidine rings is 1. The monoisotopic (exact) mass is 338 g/mol. The first-order chi connectivity index (χ1) is 10.9. The van der Waals surface area contributed by atoms with Gasteiger partial charge in [0.1, 0.15) is 12.1 Å². The van der Waals surface area contributed by atoms with Crippen LogP contribution in [-0.4, -0.2) is 65.4 Å². The van der Waals surface area contributed by atoms with Gasteiger partial charge in [0.05, 0.1) is 17.8 Å². The number of hydrogen-bond acceptors (Lipinski definition) is 6. The Morgan fingerprint density at radius 2 is 2.00 bits per heavy atom. The number of aryl methyl sites for hydroxylation is 1. The highest BCUT2D eigenvalue weighted by Crippen LogP contribution is 2.27. The van der Waals surface area contributed by atoms with Crippen LogP contribution in [0.2, 0.25) is 0 Å². The van der Waals surface area contributed by atoms with Gasteiger partial charge in [0.25, 0.3) is 0 Å². The molecule has 0 N–H and O–H groups in total. The van der Waals surface area contributed by atoms with Gasteiger partial charge in [-0.05, 0) is 18.8 Å². The molecule has 1 aliphatic heterocycles. The third-order valence-corrected chi connectivity index (χ3v) is 5.79. The fourth-order valence-corrected chi connectivity index (χ4v) is 3.51. The van der Waals surface area contributed by atoms with Gasteiger partial charge in [0, 0.05) is 33.7 Å². The van der Waals surface area contributed by atoms with Crippen molar-refractivity contribution < 1.29 is 8.42 Å². The quantitative estimate of drug-likeness (QED) is 0.806. The van der Waals surface area contributed by atoms with Crippen LogP contribution in [0.15, 0.2) is 12.5 Å². The maximum absolute atomic E-state index is 11.5. The fraction of sp³-hybridized carbons (Fsp3) is 0.643. The van der Waals surface area contributed by atoms with Crippen LogP contribution in [-0.2, 0) is 17.1 Å². The molecule has 0 atom stereocenters. The molecular weight excluding hydrogens is 316 g/mol. The summed E-state index contributed by atoms with van der Waals surface area (Å²) in [6, 6.07) is 0. The Morgan fingerprint density at radius 3 is 2.65 bits per heavy atom. The number of aromatic nitrogens is 4. The smallest absolute Gasteiger partial charge is 0.210 e. The Labute approximate surface area is 136 Å². The highest BCUT2D eigenvalue weighted by atomic mass is 32.2. The Morgan fingerprint density at radius 1 is 1.30 bits per heavy atom. The average Bonchev–Trinajstić information content (AvgIpc) is 2.89. The van der Waals surface area contributed by atoms with E-state index in [9.17, 15) is 8.42 Å². The van der Waals surface area contributed by atoms with Gasteiger partial charge in [0.2, 0.25) is 10.0 Å². The average molecular weight is 338 g/mol. The number of fused-ring (bicyclic) bond motifs is 1. The van der Waals surface area contributed by atoms with Crippen LogP contribution >= 0.6 is 0 Å². The standard InChI is InChI=1S/C14H22N6O2S/c1-18(23(3,21)22)9-11-4-6-20(7-5-11)14-12-8-17-19(2)13(12)15-10-16-14/h8,10-11H,4-7,9H2,1-3H3. The first-order valence-electron chi connectivity index (χ1n) is 7.65. The summed E-state index contributed by atoms with van der Waals surface area (Å²) in [4.78, 5) is 10.9. The second-order valence-corrected chi connectivity index (χ2v) is 8.27. The fourth-order valence-electron chi connectivity index (χ4n) is 3.03. The third-order valence-electron chi connectivity index (χ3n) is 4.50. The molecule has 0 amide bonds. The van der Waals surface area contributed by atoms with Crippen LogP contribution in [0, 0.1) is 5.92 Å². The van der Waals surface area contributed by atoms with Crippen LogP contribution in [0.5, 0.6) is 0 Å². The number of nitrogens with zero attached hydrogens (tertiary/aromatic N) is 6. The van der Waals surface area contributed by atoms with Gasteiger partial charge in [-0.1, -0.05) is 0 Å². The lowest BCUT2D eigenvalue weighted by atomic mass is 9.97. The molecule has 23 heavy (non-hydrogen) atoms. The summed E-state index contributed by atoms with van der Waals surface area (Å²) in [6.07, 6.45) is 6.52. The van der Waals surface area contributed by atoms with Crippen molar-refractivity contribution in [1.29, 1.82) is 0 Å². The van der Waals surface area contributed by atoms with E-state index in [-0.39, 0.29) is 0 Å². The van der Waals surface area contributed by atoms with E-state index in [1.165, 1.54) is 10.6 Å². The van der Waals surface area contributed by atoms with Crippen molar-refractivity contribution in [2.75, 3.05) is 37.8 Å². The first-order valence-corrected chi connectivity index (χ1v) is 9.50. The van der Waals surface area contributed by atoms with Gasteiger partial charge in [-0.25, -0.2) is 22.7 Å². The van der Waals surface area contributed by atoms with Crippen LogP contribution in [0.3, 0.4) is 0 Å². The van der Waals surface area contributed by atoms with Gasteiger partial charge in [-0.3, -0.25) is 4.68 Å². The summed E-state index contributed by atoms with van der Waals surface area (Å²) in [6.45, 7) is 2.31. The van der Waals surface area contributed by atoms with E-state index in [4.69, 9.17) is 0 Å². The molecule has 0 radical (unpaired) electrons. The summed E-state index contributed by atoms with van der Waals surface area (Å²) >= 11 is 0. The molecule has 1 aliphatic rings. The molecule has 0 aromatic carbocycles. The molecule has 3 rings (SSSR count). The van der Waals surface area contributed by atoms with E-state index in [1.807, 2.05) is 7.05 Å². The van der Waals surface area contributed by atoms with E-state index in [0.29, 0.717) is 12.5 Å². The maximum atomic E-state index is 11.5. The SMILES string of the molecule is CN(CC1CCN(c2ncnc3c2cnn3C)CC1)S(C)(=O)=O. The van der Waals surface area contributed by atoms with Crippen molar-refractivity contribution in [2.24, 2.45) is 13.0 Å². The summed E-state index contributed by atoms with van der Waals surface area (Å²) in [5.41, 5.74) is 0.828. The molecule has 1 saturated heterocycles. The Balaban J connectivity index is 1.69.